The molecule has 1 aliphatic rings. The molecule has 1 unspecified atom stereocenters. The lowest BCUT2D eigenvalue weighted by molar-refractivity contribution is -0.0502. The van der Waals surface area contributed by atoms with Crippen molar-refractivity contribution in [2.24, 2.45) is 0 Å². The lowest BCUT2D eigenvalue weighted by atomic mass is 9.85. The van der Waals surface area contributed by atoms with E-state index in [2.05, 4.69) is 21.1 Å². The van der Waals surface area contributed by atoms with Gasteiger partial charge in [-0.1, -0.05) is 0 Å². The molecule has 1 aliphatic carbocycles. The van der Waals surface area contributed by atoms with Crippen LogP contribution in [0.4, 0.5) is 8.78 Å². The molecule has 2 heterocycles. The highest BCUT2D eigenvalue weighted by Gasteiger charge is 2.29. The summed E-state index contributed by atoms with van der Waals surface area (Å²) in [5.74, 6) is -0.759. The van der Waals surface area contributed by atoms with Gasteiger partial charge in [0.25, 0.3) is 5.91 Å². The molecule has 1 saturated carbocycles. The van der Waals surface area contributed by atoms with Crippen molar-refractivity contribution in [2.75, 3.05) is 13.7 Å². The summed E-state index contributed by atoms with van der Waals surface area (Å²) in [4.78, 5) is 17.0. The number of rotatable bonds is 8. The molecule has 1 fully saturated rings. The SMILES string of the molecule is COc1cc(-c2cnc3cc(C(C)(C#N)CO)ccn23)cc(OC(F)F)c1C(=O)NC1CC1. The highest BCUT2D eigenvalue weighted by atomic mass is 19.3. The third kappa shape index (κ3) is 4.32. The quantitative estimate of drug-likeness (QED) is 0.539. The summed E-state index contributed by atoms with van der Waals surface area (Å²) in [6.45, 7) is -1.87. The summed E-state index contributed by atoms with van der Waals surface area (Å²) in [5.41, 5.74) is 0.858. The van der Waals surface area contributed by atoms with Crippen molar-refractivity contribution in [1.82, 2.24) is 14.7 Å². The number of ether oxygens (including phenoxy) is 2. The second kappa shape index (κ2) is 8.67. The molecule has 3 aromatic rings. The average molecular weight is 456 g/mol. The first-order valence-corrected chi connectivity index (χ1v) is 10.3. The van der Waals surface area contributed by atoms with E-state index >= 15 is 0 Å². The molecule has 0 aliphatic heterocycles. The first-order valence-electron chi connectivity index (χ1n) is 10.3. The van der Waals surface area contributed by atoms with Gasteiger partial charge in [-0.2, -0.15) is 14.0 Å². The Labute approximate surface area is 188 Å². The second-order valence-corrected chi connectivity index (χ2v) is 8.07. The van der Waals surface area contributed by atoms with E-state index in [4.69, 9.17) is 4.74 Å². The van der Waals surface area contributed by atoms with E-state index in [1.54, 1.807) is 35.7 Å². The van der Waals surface area contributed by atoms with Gasteiger partial charge in [-0.3, -0.25) is 9.20 Å². The maximum atomic E-state index is 13.2. The van der Waals surface area contributed by atoms with Crippen LogP contribution in [-0.4, -0.2) is 46.8 Å². The number of pyridine rings is 1. The van der Waals surface area contributed by atoms with Gasteiger partial charge in [0, 0.05) is 17.8 Å². The van der Waals surface area contributed by atoms with E-state index in [0.717, 1.165) is 12.8 Å². The Morgan fingerprint density at radius 3 is 2.73 bits per heavy atom. The number of nitrogens with zero attached hydrogens (tertiary/aromatic N) is 3. The first-order chi connectivity index (χ1) is 15.8. The van der Waals surface area contributed by atoms with E-state index in [1.165, 1.54) is 19.4 Å². The number of carbonyl (C=O) groups excluding carboxylic acids is 1. The number of aromatic nitrogens is 2. The number of aliphatic hydroxyl groups is 1. The van der Waals surface area contributed by atoms with Gasteiger partial charge < -0.3 is 19.9 Å². The summed E-state index contributed by atoms with van der Waals surface area (Å²) >= 11 is 0. The summed E-state index contributed by atoms with van der Waals surface area (Å²) in [7, 11) is 1.34. The smallest absolute Gasteiger partial charge is 0.387 e. The molecule has 172 valence electrons. The number of nitrogens with one attached hydrogen (secondary N) is 1. The molecular formula is C23H22F2N4O4. The summed E-state index contributed by atoms with van der Waals surface area (Å²) in [6, 6.07) is 8.38. The van der Waals surface area contributed by atoms with Gasteiger partial charge in [-0.05, 0) is 49.6 Å². The normalized spacial score (nSPS) is 15.2. The lowest BCUT2D eigenvalue weighted by Gasteiger charge is -2.19. The Balaban J connectivity index is 1.81. The van der Waals surface area contributed by atoms with Crippen LogP contribution >= 0.6 is 0 Å². The summed E-state index contributed by atoms with van der Waals surface area (Å²) in [6.07, 6.45) is 4.88. The van der Waals surface area contributed by atoms with Crippen LogP contribution in [0.2, 0.25) is 0 Å². The molecule has 10 heteroatoms. The Hall–Kier alpha value is -3.71. The maximum Gasteiger partial charge on any atom is 0.387 e. The van der Waals surface area contributed by atoms with Crippen LogP contribution in [0.1, 0.15) is 35.7 Å². The second-order valence-electron chi connectivity index (χ2n) is 8.07. The zero-order valence-corrected chi connectivity index (χ0v) is 18.0. The number of fused-ring (bicyclic) bond motifs is 1. The zero-order chi connectivity index (χ0) is 23.8. The average Bonchev–Trinajstić information content (AvgIpc) is 3.51. The van der Waals surface area contributed by atoms with Crippen LogP contribution in [0.15, 0.2) is 36.7 Å². The third-order valence-corrected chi connectivity index (χ3v) is 5.65. The predicted molar refractivity (Wildman–Crippen MR) is 114 cm³/mol. The van der Waals surface area contributed by atoms with Crippen LogP contribution in [0.3, 0.4) is 0 Å². The van der Waals surface area contributed by atoms with Gasteiger partial charge in [-0.25, -0.2) is 4.98 Å². The van der Waals surface area contributed by atoms with Crippen LogP contribution < -0.4 is 14.8 Å². The van der Waals surface area contributed by atoms with E-state index in [0.29, 0.717) is 22.5 Å². The lowest BCUT2D eigenvalue weighted by Crippen LogP contribution is -2.26. The Kier molecular flexibility index (Phi) is 5.91. The van der Waals surface area contributed by atoms with Crippen LogP contribution in [0.5, 0.6) is 11.5 Å². The fourth-order valence-electron chi connectivity index (χ4n) is 3.53. The number of methoxy groups -OCH3 is 1. The molecule has 4 rings (SSSR count). The number of hydrogen-bond donors (Lipinski definition) is 2. The minimum atomic E-state index is -3.13. The zero-order valence-electron chi connectivity index (χ0n) is 18.0. The number of amides is 1. The number of halogens is 2. The highest BCUT2D eigenvalue weighted by Crippen LogP contribution is 2.37. The maximum absolute atomic E-state index is 13.2. The molecule has 0 bridgehead atoms. The fourth-order valence-corrected chi connectivity index (χ4v) is 3.53. The summed E-state index contributed by atoms with van der Waals surface area (Å²) < 4.78 is 38.1. The number of imidazole rings is 1. The van der Waals surface area contributed by atoms with Gasteiger partial charge >= 0.3 is 6.61 Å². The van der Waals surface area contributed by atoms with Crippen molar-refractivity contribution in [3.05, 3.63) is 47.8 Å². The van der Waals surface area contributed by atoms with Crippen molar-refractivity contribution < 1.29 is 28.2 Å². The number of carbonyl (C=O) groups is 1. The van der Waals surface area contributed by atoms with Gasteiger partial charge in [-0.15, -0.1) is 0 Å². The van der Waals surface area contributed by atoms with Gasteiger partial charge in [0.2, 0.25) is 0 Å². The van der Waals surface area contributed by atoms with Crippen molar-refractivity contribution in [2.45, 2.75) is 37.8 Å². The van der Waals surface area contributed by atoms with Crippen molar-refractivity contribution >= 4 is 11.6 Å². The molecule has 0 radical (unpaired) electrons. The number of alkyl halides is 2. The molecule has 1 amide bonds. The number of aliphatic hydroxyl groups excluding tert-OH is 1. The number of benzene rings is 1. The molecule has 2 aromatic heterocycles. The van der Waals surface area contributed by atoms with E-state index in [9.17, 15) is 23.9 Å². The molecular weight excluding hydrogens is 434 g/mol. The first kappa shape index (κ1) is 22.5. The Morgan fingerprint density at radius 1 is 1.39 bits per heavy atom. The molecule has 33 heavy (non-hydrogen) atoms. The number of nitriles is 1. The summed E-state index contributed by atoms with van der Waals surface area (Å²) in [5, 5.41) is 21.8. The Morgan fingerprint density at radius 2 is 2.12 bits per heavy atom. The topological polar surface area (TPSA) is 109 Å². The standard InChI is InChI=1S/C23H22F2N4O4/c1-23(11-26,12-30)14-5-6-29-16(10-27-19(29)9-14)13-7-17(32-2)20(18(8-13)33-22(24)25)21(31)28-15-3-4-15/h5-10,15,22,30H,3-4,12H2,1-2H3,(H,28,31). The van der Waals surface area contributed by atoms with Crippen molar-refractivity contribution in [1.29, 1.82) is 5.26 Å². The number of hydrogen-bond acceptors (Lipinski definition) is 6. The molecule has 2 N–H and O–H groups in total. The predicted octanol–water partition coefficient (Wildman–Crippen LogP) is 3.28. The van der Waals surface area contributed by atoms with Crippen LogP contribution in [-0.2, 0) is 5.41 Å². The van der Waals surface area contributed by atoms with Gasteiger partial charge in [0.05, 0.1) is 31.7 Å². The Bertz CT molecular complexity index is 1250. The van der Waals surface area contributed by atoms with E-state index in [1.807, 2.05) is 0 Å². The molecule has 1 atom stereocenters. The largest absolute Gasteiger partial charge is 0.496 e. The molecule has 0 saturated heterocycles. The van der Waals surface area contributed by atoms with Crippen LogP contribution in [0, 0.1) is 11.3 Å². The molecule has 8 nitrogen and oxygen atoms in total. The third-order valence-electron chi connectivity index (χ3n) is 5.65. The van der Waals surface area contributed by atoms with Crippen molar-refractivity contribution in [3.63, 3.8) is 0 Å². The van der Waals surface area contributed by atoms with Gasteiger partial charge in [0.1, 0.15) is 28.1 Å². The van der Waals surface area contributed by atoms with E-state index < -0.39 is 17.9 Å². The van der Waals surface area contributed by atoms with Crippen molar-refractivity contribution in [3.8, 4) is 28.8 Å². The minimum Gasteiger partial charge on any atom is -0.496 e. The minimum absolute atomic E-state index is 0.0206. The molecule has 0 spiro atoms. The highest BCUT2D eigenvalue weighted by molar-refractivity contribution is 6.01. The van der Waals surface area contributed by atoms with E-state index in [-0.39, 0.29) is 29.7 Å². The molecule has 1 aromatic carbocycles. The van der Waals surface area contributed by atoms with Crippen LogP contribution in [0.25, 0.3) is 16.9 Å². The fraction of sp³-hybridized carbons (Fsp3) is 0.348. The monoisotopic (exact) mass is 456 g/mol. The van der Waals surface area contributed by atoms with Gasteiger partial charge in [0.15, 0.2) is 0 Å².